The van der Waals surface area contributed by atoms with Crippen molar-refractivity contribution < 1.29 is 9.21 Å². The van der Waals surface area contributed by atoms with E-state index in [1.807, 2.05) is 42.2 Å². The summed E-state index contributed by atoms with van der Waals surface area (Å²) >= 11 is 3.24. The molecule has 1 aliphatic rings. The first-order valence-electron chi connectivity index (χ1n) is 9.18. The van der Waals surface area contributed by atoms with Crippen LogP contribution in [0.15, 0.2) is 34.1 Å². The highest BCUT2D eigenvalue weighted by molar-refractivity contribution is 7.17. The molecule has 0 aromatic carbocycles. The van der Waals surface area contributed by atoms with E-state index in [9.17, 15) is 4.79 Å². The van der Waals surface area contributed by atoms with E-state index in [1.165, 1.54) is 16.2 Å². The van der Waals surface area contributed by atoms with Crippen molar-refractivity contribution >= 4 is 28.6 Å². The number of amides is 1. The van der Waals surface area contributed by atoms with Crippen LogP contribution in [0.4, 0.5) is 0 Å². The molecular weight excluding hydrogens is 378 g/mol. The molecule has 3 aromatic rings. The number of aromatic nitrogens is 1. The van der Waals surface area contributed by atoms with Gasteiger partial charge in [-0.05, 0) is 43.8 Å². The molecule has 0 spiro atoms. The van der Waals surface area contributed by atoms with Crippen LogP contribution in [0.5, 0.6) is 0 Å². The quantitative estimate of drug-likeness (QED) is 0.646. The zero-order valence-electron chi connectivity index (χ0n) is 15.6. The molecule has 5 nitrogen and oxygen atoms in total. The standard InChI is InChI=1S/C20H23N3O2S2/c1-14-5-6-17(25-14)19-21-15(2)18(27-19)20(24)23-11-9-22(10-12-23)8-7-16-4-3-13-26-16/h3-6,13H,7-12H2,1-2H3. The third kappa shape index (κ3) is 4.15. The van der Waals surface area contributed by atoms with Crippen molar-refractivity contribution in [2.24, 2.45) is 0 Å². The number of hydrogen-bond donors (Lipinski definition) is 0. The number of carbonyl (C=O) groups is 1. The number of rotatable bonds is 5. The second-order valence-electron chi connectivity index (χ2n) is 6.81. The molecule has 0 N–H and O–H groups in total. The summed E-state index contributed by atoms with van der Waals surface area (Å²) in [6.45, 7) is 8.28. The van der Waals surface area contributed by atoms with Crippen LogP contribution in [-0.4, -0.2) is 53.4 Å². The van der Waals surface area contributed by atoms with Crippen molar-refractivity contribution in [2.45, 2.75) is 20.3 Å². The Labute approximate surface area is 167 Å². The molecule has 4 rings (SSSR count). The van der Waals surface area contributed by atoms with Crippen LogP contribution in [0.1, 0.15) is 26.0 Å². The summed E-state index contributed by atoms with van der Waals surface area (Å²) in [5, 5.41) is 2.90. The monoisotopic (exact) mass is 401 g/mol. The summed E-state index contributed by atoms with van der Waals surface area (Å²) < 4.78 is 5.65. The molecule has 1 fully saturated rings. The number of thiophene rings is 1. The minimum atomic E-state index is 0.0948. The van der Waals surface area contributed by atoms with Gasteiger partial charge >= 0.3 is 0 Å². The van der Waals surface area contributed by atoms with Crippen LogP contribution in [0.2, 0.25) is 0 Å². The minimum absolute atomic E-state index is 0.0948. The van der Waals surface area contributed by atoms with Gasteiger partial charge in [-0.25, -0.2) is 4.98 Å². The van der Waals surface area contributed by atoms with Gasteiger partial charge in [-0.1, -0.05) is 6.07 Å². The Hall–Kier alpha value is -1.96. The van der Waals surface area contributed by atoms with E-state index >= 15 is 0 Å². The van der Waals surface area contributed by atoms with Gasteiger partial charge in [0, 0.05) is 37.6 Å². The van der Waals surface area contributed by atoms with Crippen molar-refractivity contribution in [3.8, 4) is 10.8 Å². The van der Waals surface area contributed by atoms with E-state index in [2.05, 4.69) is 27.4 Å². The number of nitrogens with zero attached hydrogens (tertiary/aromatic N) is 3. The molecule has 0 saturated carbocycles. The highest BCUT2D eigenvalue weighted by Gasteiger charge is 2.26. The first kappa shape index (κ1) is 18.4. The predicted molar refractivity (Wildman–Crippen MR) is 110 cm³/mol. The van der Waals surface area contributed by atoms with Crippen LogP contribution >= 0.6 is 22.7 Å². The van der Waals surface area contributed by atoms with Gasteiger partial charge < -0.3 is 9.32 Å². The number of hydrogen-bond acceptors (Lipinski definition) is 6. The van der Waals surface area contributed by atoms with Crippen LogP contribution in [0.25, 0.3) is 10.8 Å². The molecule has 142 valence electrons. The van der Waals surface area contributed by atoms with Gasteiger partial charge in [0.05, 0.1) is 5.69 Å². The summed E-state index contributed by atoms with van der Waals surface area (Å²) in [6.07, 6.45) is 1.09. The van der Waals surface area contributed by atoms with E-state index in [0.29, 0.717) is 0 Å². The maximum atomic E-state index is 13.0. The van der Waals surface area contributed by atoms with Gasteiger partial charge in [0.25, 0.3) is 5.91 Å². The van der Waals surface area contributed by atoms with E-state index in [4.69, 9.17) is 4.42 Å². The molecular formula is C20H23N3O2S2. The van der Waals surface area contributed by atoms with E-state index in [-0.39, 0.29) is 5.91 Å². The normalized spacial score (nSPS) is 15.4. The Morgan fingerprint density at radius 1 is 1.19 bits per heavy atom. The summed E-state index contributed by atoms with van der Waals surface area (Å²) in [6, 6.07) is 8.12. The van der Waals surface area contributed by atoms with Crippen LogP contribution < -0.4 is 0 Å². The smallest absolute Gasteiger partial charge is 0.265 e. The molecule has 1 saturated heterocycles. The fourth-order valence-electron chi connectivity index (χ4n) is 3.29. The molecule has 3 aromatic heterocycles. The molecule has 1 aliphatic heterocycles. The van der Waals surface area contributed by atoms with Crippen LogP contribution in [-0.2, 0) is 6.42 Å². The Kier molecular flexibility index (Phi) is 5.43. The van der Waals surface area contributed by atoms with Gasteiger partial charge in [-0.15, -0.1) is 22.7 Å². The van der Waals surface area contributed by atoms with Gasteiger partial charge in [0.2, 0.25) is 0 Å². The molecule has 0 atom stereocenters. The highest BCUT2D eigenvalue weighted by Crippen LogP contribution is 2.30. The van der Waals surface area contributed by atoms with Gasteiger partial charge in [0.1, 0.15) is 10.6 Å². The summed E-state index contributed by atoms with van der Waals surface area (Å²) in [5.74, 6) is 1.68. The first-order chi connectivity index (χ1) is 13.1. The molecule has 0 aliphatic carbocycles. The average Bonchev–Trinajstić information content (AvgIpc) is 3.41. The Morgan fingerprint density at radius 2 is 2.00 bits per heavy atom. The topological polar surface area (TPSA) is 49.6 Å². The van der Waals surface area contributed by atoms with Crippen molar-refractivity contribution in [1.82, 2.24) is 14.8 Å². The number of thiazole rings is 1. The zero-order valence-corrected chi connectivity index (χ0v) is 17.2. The number of aryl methyl sites for hydroxylation is 2. The third-order valence-corrected chi connectivity index (χ3v) is 6.95. The molecule has 0 radical (unpaired) electrons. The second kappa shape index (κ2) is 7.96. The summed E-state index contributed by atoms with van der Waals surface area (Å²) in [7, 11) is 0. The van der Waals surface area contributed by atoms with Crippen LogP contribution in [0.3, 0.4) is 0 Å². The molecule has 1 amide bonds. The lowest BCUT2D eigenvalue weighted by molar-refractivity contribution is 0.0642. The average molecular weight is 402 g/mol. The summed E-state index contributed by atoms with van der Waals surface area (Å²) in [4.78, 5) is 24.1. The van der Waals surface area contributed by atoms with Gasteiger partial charge in [0.15, 0.2) is 10.8 Å². The zero-order chi connectivity index (χ0) is 18.8. The van der Waals surface area contributed by atoms with Crippen molar-refractivity contribution in [1.29, 1.82) is 0 Å². The van der Waals surface area contributed by atoms with E-state index in [1.54, 1.807) is 0 Å². The Bertz CT molecular complexity index is 906. The fourth-order valence-corrected chi connectivity index (χ4v) is 4.99. The maximum absolute atomic E-state index is 13.0. The van der Waals surface area contributed by atoms with Gasteiger partial charge in [-0.2, -0.15) is 0 Å². The molecule has 4 heterocycles. The summed E-state index contributed by atoms with van der Waals surface area (Å²) in [5.41, 5.74) is 0.786. The van der Waals surface area contributed by atoms with Crippen molar-refractivity contribution in [3.05, 3.63) is 50.9 Å². The van der Waals surface area contributed by atoms with E-state index in [0.717, 1.165) is 66.2 Å². The van der Waals surface area contributed by atoms with Gasteiger partial charge in [-0.3, -0.25) is 9.69 Å². The number of piperazine rings is 1. The fraction of sp³-hybridized carbons (Fsp3) is 0.400. The minimum Gasteiger partial charge on any atom is -0.459 e. The predicted octanol–water partition coefficient (Wildman–Crippen LogP) is 4.08. The van der Waals surface area contributed by atoms with Crippen molar-refractivity contribution in [3.63, 3.8) is 0 Å². The lowest BCUT2D eigenvalue weighted by Gasteiger charge is -2.34. The number of furan rings is 1. The third-order valence-electron chi connectivity index (χ3n) is 4.86. The molecule has 0 unspecified atom stereocenters. The first-order valence-corrected chi connectivity index (χ1v) is 10.9. The lowest BCUT2D eigenvalue weighted by Crippen LogP contribution is -2.49. The highest BCUT2D eigenvalue weighted by atomic mass is 32.1. The Balaban J connectivity index is 1.36. The van der Waals surface area contributed by atoms with Crippen LogP contribution in [0, 0.1) is 13.8 Å². The number of carbonyl (C=O) groups excluding carboxylic acids is 1. The largest absolute Gasteiger partial charge is 0.459 e. The maximum Gasteiger partial charge on any atom is 0.265 e. The van der Waals surface area contributed by atoms with Crippen molar-refractivity contribution in [2.75, 3.05) is 32.7 Å². The lowest BCUT2D eigenvalue weighted by atomic mass is 10.2. The molecule has 0 bridgehead atoms. The Morgan fingerprint density at radius 3 is 2.67 bits per heavy atom. The second-order valence-corrected chi connectivity index (χ2v) is 8.84. The molecule has 27 heavy (non-hydrogen) atoms. The molecule has 7 heteroatoms. The van der Waals surface area contributed by atoms with E-state index < -0.39 is 0 Å². The SMILES string of the molecule is Cc1ccc(-c2nc(C)c(C(=O)N3CCN(CCc4cccs4)CC3)s2)o1.